The van der Waals surface area contributed by atoms with Gasteiger partial charge >= 0.3 is 12.1 Å². The summed E-state index contributed by atoms with van der Waals surface area (Å²) in [6, 6.07) is 11.1. The predicted octanol–water partition coefficient (Wildman–Crippen LogP) is 6.90. The Morgan fingerprint density at radius 1 is 1.11 bits per heavy atom. The molecule has 5 nitrogen and oxygen atoms in total. The Labute approximate surface area is 222 Å². The molecule has 200 valence electrons. The van der Waals surface area contributed by atoms with Crippen LogP contribution >= 0.6 is 11.6 Å². The first-order chi connectivity index (χ1) is 17.7. The highest BCUT2D eigenvalue weighted by atomic mass is 35.5. The van der Waals surface area contributed by atoms with E-state index in [0.29, 0.717) is 22.8 Å². The van der Waals surface area contributed by atoms with Crippen LogP contribution in [0.25, 0.3) is 11.6 Å². The molecule has 38 heavy (non-hydrogen) atoms. The van der Waals surface area contributed by atoms with Crippen LogP contribution in [0.5, 0.6) is 0 Å². The number of allylic oxidation sites excluding steroid dienone is 1. The SMILES string of the molecule is CC(=Cc1ccc2c(c1)N(S(=O)(=O)c1cccc(C(F)(F)F)c1)[C@H](C)[C@H](C(=O)O)C2)c1c(F)cccc1Cl. The Kier molecular flexibility index (Phi) is 7.33. The van der Waals surface area contributed by atoms with Gasteiger partial charge in [0.15, 0.2) is 0 Å². The van der Waals surface area contributed by atoms with Gasteiger partial charge in [-0.25, -0.2) is 12.8 Å². The van der Waals surface area contributed by atoms with Crippen molar-refractivity contribution in [3.05, 3.63) is 93.8 Å². The van der Waals surface area contributed by atoms with E-state index in [1.165, 1.54) is 31.2 Å². The van der Waals surface area contributed by atoms with Crippen molar-refractivity contribution < 1.29 is 35.9 Å². The van der Waals surface area contributed by atoms with Crippen molar-refractivity contribution in [3.63, 3.8) is 0 Å². The number of benzene rings is 3. The second-order valence-electron chi connectivity index (χ2n) is 9.03. The number of halogens is 5. The quantitative estimate of drug-likeness (QED) is 0.269. The van der Waals surface area contributed by atoms with E-state index in [-0.39, 0.29) is 22.7 Å². The van der Waals surface area contributed by atoms with Gasteiger partial charge < -0.3 is 5.11 Å². The predicted molar refractivity (Wildman–Crippen MR) is 137 cm³/mol. The Balaban J connectivity index is 1.87. The Hall–Kier alpha value is -3.37. The summed E-state index contributed by atoms with van der Waals surface area (Å²) < 4.78 is 82.7. The third-order valence-electron chi connectivity index (χ3n) is 6.51. The van der Waals surface area contributed by atoms with Gasteiger partial charge in [0.25, 0.3) is 10.0 Å². The second-order valence-corrected chi connectivity index (χ2v) is 11.3. The molecule has 3 aromatic carbocycles. The zero-order chi connectivity index (χ0) is 28.0. The van der Waals surface area contributed by atoms with Gasteiger partial charge in [-0.1, -0.05) is 41.9 Å². The smallest absolute Gasteiger partial charge is 0.416 e. The lowest BCUT2D eigenvalue weighted by Crippen LogP contribution is -2.49. The average molecular weight is 568 g/mol. The molecule has 1 heterocycles. The molecule has 1 N–H and O–H groups in total. The van der Waals surface area contributed by atoms with E-state index in [2.05, 4.69) is 0 Å². The molecule has 0 amide bonds. The first kappa shape index (κ1) is 27.7. The first-order valence-electron chi connectivity index (χ1n) is 11.4. The summed E-state index contributed by atoms with van der Waals surface area (Å²) in [4.78, 5) is 11.4. The zero-order valence-electron chi connectivity index (χ0n) is 20.1. The first-order valence-corrected chi connectivity index (χ1v) is 13.2. The fraction of sp³-hybridized carbons (Fsp3) is 0.222. The molecule has 0 aromatic heterocycles. The number of carbonyl (C=O) groups is 1. The maximum absolute atomic E-state index is 14.4. The summed E-state index contributed by atoms with van der Waals surface area (Å²) in [6.07, 6.45) is -3.17. The fourth-order valence-corrected chi connectivity index (χ4v) is 6.70. The van der Waals surface area contributed by atoms with E-state index in [4.69, 9.17) is 11.6 Å². The monoisotopic (exact) mass is 567 g/mol. The van der Waals surface area contributed by atoms with Crippen LogP contribution in [0.3, 0.4) is 0 Å². The molecule has 0 aliphatic carbocycles. The highest BCUT2D eigenvalue weighted by Gasteiger charge is 2.42. The molecular formula is C27H22ClF4NO4S. The number of hydrogen-bond acceptors (Lipinski definition) is 3. The largest absolute Gasteiger partial charge is 0.481 e. The Morgan fingerprint density at radius 2 is 1.79 bits per heavy atom. The lowest BCUT2D eigenvalue weighted by molar-refractivity contribution is -0.142. The van der Waals surface area contributed by atoms with E-state index >= 15 is 0 Å². The van der Waals surface area contributed by atoms with Crippen molar-refractivity contribution in [2.24, 2.45) is 5.92 Å². The van der Waals surface area contributed by atoms with Crippen LogP contribution in [0, 0.1) is 11.7 Å². The molecule has 11 heteroatoms. The minimum Gasteiger partial charge on any atom is -0.481 e. The summed E-state index contributed by atoms with van der Waals surface area (Å²) >= 11 is 6.16. The van der Waals surface area contributed by atoms with Crippen molar-refractivity contribution in [2.45, 2.75) is 37.4 Å². The van der Waals surface area contributed by atoms with Gasteiger partial charge in [-0.05, 0) is 73.4 Å². The summed E-state index contributed by atoms with van der Waals surface area (Å²) in [6.45, 7) is 3.03. The summed E-state index contributed by atoms with van der Waals surface area (Å²) in [5, 5.41) is 9.95. The number of sulfonamides is 1. The van der Waals surface area contributed by atoms with Crippen molar-refractivity contribution >= 4 is 44.9 Å². The number of aliphatic carboxylic acids is 1. The van der Waals surface area contributed by atoms with Crippen LogP contribution in [0.4, 0.5) is 23.2 Å². The van der Waals surface area contributed by atoms with E-state index in [0.717, 1.165) is 22.5 Å². The van der Waals surface area contributed by atoms with Gasteiger partial charge in [0.05, 0.1) is 33.1 Å². The third-order valence-corrected chi connectivity index (χ3v) is 8.73. The van der Waals surface area contributed by atoms with E-state index in [1.54, 1.807) is 25.1 Å². The highest BCUT2D eigenvalue weighted by molar-refractivity contribution is 7.92. The molecule has 2 atom stereocenters. The molecule has 0 saturated carbocycles. The van der Waals surface area contributed by atoms with Crippen molar-refractivity contribution in [2.75, 3.05) is 4.31 Å². The minimum absolute atomic E-state index is 0.0164. The molecule has 1 aliphatic heterocycles. The third kappa shape index (κ3) is 5.15. The fourth-order valence-electron chi connectivity index (χ4n) is 4.62. The molecule has 3 aromatic rings. The van der Waals surface area contributed by atoms with Crippen LogP contribution in [0.15, 0.2) is 65.6 Å². The molecule has 1 aliphatic rings. The van der Waals surface area contributed by atoms with Crippen LogP contribution in [-0.4, -0.2) is 25.5 Å². The summed E-state index contributed by atoms with van der Waals surface area (Å²) in [7, 11) is -4.62. The number of carboxylic acid groups (broad SMARTS) is 1. The summed E-state index contributed by atoms with van der Waals surface area (Å²) in [5.41, 5.74) is 0.462. The number of anilines is 1. The Morgan fingerprint density at radius 3 is 2.42 bits per heavy atom. The minimum atomic E-state index is -4.77. The van der Waals surface area contributed by atoms with Gasteiger partial charge in [-0.15, -0.1) is 0 Å². The van der Waals surface area contributed by atoms with Crippen molar-refractivity contribution in [1.29, 1.82) is 0 Å². The van der Waals surface area contributed by atoms with E-state index in [9.17, 15) is 35.9 Å². The molecular weight excluding hydrogens is 546 g/mol. The van der Waals surface area contributed by atoms with Gasteiger partial charge in [-0.2, -0.15) is 13.2 Å². The molecule has 0 unspecified atom stereocenters. The Bertz CT molecular complexity index is 1530. The standard InChI is InChI=1S/C27H22ClF4NO4S/c1-15(25-22(28)7-4-8-23(25)29)11-17-9-10-18-13-21(26(34)35)16(2)33(24(18)12-17)38(36,37)20-6-3-5-19(14-20)27(30,31)32/h3-12,14,16,21H,13H2,1-2H3,(H,34,35)/t16-,21-/m1/s1. The second kappa shape index (κ2) is 10.1. The lowest BCUT2D eigenvalue weighted by atomic mass is 9.87. The highest BCUT2D eigenvalue weighted by Crippen LogP contribution is 2.40. The van der Waals surface area contributed by atoms with Crippen molar-refractivity contribution in [3.8, 4) is 0 Å². The van der Waals surface area contributed by atoms with Gasteiger partial charge in [-0.3, -0.25) is 9.10 Å². The molecule has 0 spiro atoms. The summed E-state index contributed by atoms with van der Waals surface area (Å²) in [5.74, 6) is -2.92. The number of hydrogen-bond donors (Lipinski definition) is 1. The van der Waals surface area contributed by atoms with Gasteiger partial charge in [0.1, 0.15) is 5.82 Å². The van der Waals surface area contributed by atoms with Crippen LogP contribution < -0.4 is 4.31 Å². The molecule has 0 radical (unpaired) electrons. The van der Waals surface area contributed by atoms with Crippen LogP contribution in [0.2, 0.25) is 5.02 Å². The number of carboxylic acids is 1. The molecule has 0 bridgehead atoms. The van der Waals surface area contributed by atoms with Gasteiger partial charge in [0, 0.05) is 5.56 Å². The zero-order valence-corrected chi connectivity index (χ0v) is 21.7. The molecule has 4 rings (SSSR count). The maximum atomic E-state index is 14.4. The average Bonchev–Trinajstić information content (AvgIpc) is 2.82. The maximum Gasteiger partial charge on any atom is 0.416 e. The van der Waals surface area contributed by atoms with Crippen LogP contribution in [0.1, 0.15) is 36.1 Å². The number of nitrogens with zero attached hydrogens (tertiary/aromatic N) is 1. The van der Waals surface area contributed by atoms with E-state index in [1.807, 2.05) is 0 Å². The van der Waals surface area contributed by atoms with Crippen molar-refractivity contribution in [1.82, 2.24) is 0 Å². The van der Waals surface area contributed by atoms with E-state index < -0.39 is 50.4 Å². The molecule has 0 saturated heterocycles. The number of alkyl halides is 3. The normalized spacial score (nSPS) is 18.3. The van der Waals surface area contributed by atoms with Crippen LogP contribution in [-0.2, 0) is 27.4 Å². The lowest BCUT2D eigenvalue weighted by Gasteiger charge is -2.39. The topological polar surface area (TPSA) is 74.7 Å². The number of rotatable bonds is 5. The molecule has 0 fully saturated rings. The van der Waals surface area contributed by atoms with Gasteiger partial charge in [0.2, 0.25) is 0 Å². The number of fused-ring (bicyclic) bond motifs is 1.